The zero-order chi connectivity index (χ0) is 11.9. The molecule has 0 aliphatic carbocycles. The molecular formula is C12H11N3OS. The third-order valence-corrected chi connectivity index (χ3v) is 2.90. The fourth-order valence-corrected chi connectivity index (χ4v) is 1.87. The van der Waals surface area contributed by atoms with Gasteiger partial charge in [-0.1, -0.05) is 17.8 Å². The van der Waals surface area contributed by atoms with E-state index in [0.717, 1.165) is 10.7 Å². The molecule has 5 heteroatoms. The van der Waals surface area contributed by atoms with E-state index in [-0.39, 0.29) is 5.91 Å². The van der Waals surface area contributed by atoms with Crippen LogP contribution >= 0.6 is 11.8 Å². The van der Waals surface area contributed by atoms with E-state index < -0.39 is 0 Å². The molecule has 0 saturated heterocycles. The van der Waals surface area contributed by atoms with E-state index in [9.17, 15) is 4.79 Å². The summed E-state index contributed by atoms with van der Waals surface area (Å²) in [5.41, 5.74) is 0.756. The fraction of sp³-hybridized carbons (Fsp3) is 0.0833. The van der Waals surface area contributed by atoms with Gasteiger partial charge in [-0.15, -0.1) is 0 Å². The van der Waals surface area contributed by atoms with Crippen LogP contribution in [-0.4, -0.2) is 21.6 Å². The third kappa shape index (κ3) is 3.88. The number of thioether (sulfide) groups is 1. The lowest BCUT2D eigenvalue weighted by atomic mass is 10.4. The van der Waals surface area contributed by atoms with Gasteiger partial charge in [0, 0.05) is 24.3 Å². The Kier molecular flexibility index (Phi) is 4.10. The van der Waals surface area contributed by atoms with Crippen LogP contribution < -0.4 is 5.32 Å². The predicted octanol–water partition coefficient (Wildman–Crippen LogP) is 2.21. The molecule has 0 aliphatic rings. The Morgan fingerprint density at radius 2 is 2.00 bits per heavy atom. The molecule has 0 spiro atoms. The molecule has 1 N–H and O–H groups in total. The number of rotatable bonds is 4. The van der Waals surface area contributed by atoms with E-state index in [0.29, 0.717) is 5.75 Å². The zero-order valence-electron chi connectivity index (χ0n) is 9.04. The lowest BCUT2D eigenvalue weighted by molar-refractivity contribution is -0.113. The predicted molar refractivity (Wildman–Crippen MR) is 67.8 cm³/mol. The molecule has 0 aliphatic heterocycles. The number of carbonyl (C=O) groups excluding carboxylic acids is 1. The van der Waals surface area contributed by atoms with Crippen LogP contribution in [0.3, 0.4) is 0 Å². The van der Waals surface area contributed by atoms with E-state index in [4.69, 9.17) is 0 Å². The molecule has 0 saturated carbocycles. The molecule has 0 unspecified atom stereocenters. The van der Waals surface area contributed by atoms with Crippen molar-refractivity contribution in [3.63, 3.8) is 0 Å². The topological polar surface area (TPSA) is 54.9 Å². The van der Waals surface area contributed by atoms with Crippen LogP contribution in [0.2, 0.25) is 0 Å². The van der Waals surface area contributed by atoms with Crippen LogP contribution in [0.1, 0.15) is 0 Å². The Hall–Kier alpha value is -1.88. The van der Waals surface area contributed by atoms with Gasteiger partial charge in [0.15, 0.2) is 0 Å². The van der Waals surface area contributed by atoms with Crippen LogP contribution in [0.25, 0.3) is 0 Å². The van der Waals surface area contributed by atoms with Crippen molar-refractivity contribution < 1.29 is 4.79 Å². The number of carbonyl (C=O) groups is 1. The molecule has 0 aromatic carbocycles. The maximum Gasteiger partial charge on any atom is 0.234 e. The van der Waals surface area contributed by atoms with E-state index >= 15 is 0 Å². The lowest BCUT2D eigenvalue weighted by Crippen LogP contribution is -2.13. The van der Waals surface area contributed by atoms with Crippen molar-refractivity contribution in [3.8, 4) is 0 Å². The number of amides is 1. The van der Waals surface area contributed by atoms with Gasteiger partial charge in [0.1, 0.15) is 0 Å². The summed E-state index contributed by atoms with van der Waals surface area (Å²) in [5, 5.41) is 3.63. The van der Waals surface area contributed by atoms with Gasteiger partial charge >= 0.3 is 0 Å². The van der Waals surface area contributed by atoms with Crippen molar-refractivity contribution in [1.82, 2.24) is 9.97 Å². The highest BCUT2D eigenvalue weighted by Gasteiger charge is 2.03. The van der Waals surface area contributed by atoms with Crippen molar-refractivity contribution in [3.05, 3.63) is 48.9 Å². The molecule has 0 bridgehead atoms. The molecule has 2 aromatic rings. The molecule has 0 radical (unpaired) electrons. The van der Waals surface area contributed by atoms with Gasteiger partial charge in [-0.2, -0.15) is 0 Å². The van der Waals surface area contributed by atoms with Crippen LogP contribution in [0, 0.1) is 0 Å². The summed E-state index contributed by atoms with van der Waals surface area (Å²) in [5.74, 6) is 0.297. The maximum atomic E-state index is 11.6. The summed E-state index contributed by atoms with van der Waals surface area (Å²) in [6.07, 6.45) is 4.99. The third-order valence-electron chi connectivity index (χ3n) is 1.95. The Morgan fingerprint density at radius 3 is 2.71 bits per heavy atom. The first-order valence-electron chi connectivity index (χ1n) is 5.08. The second kappa shape index (κ2) is 6.00. The highest BCUT2D eigenvalue weighted by Crippen LogP contribution is 2.14. The second-order valence-electron chi connectivity index (χ2n) is 3.24. The van der Waals surface area contributed by atoms with Crippen LogP contribution in [0.5, 0.6) is 0 Å². The summed E-state index contributed by atoms with van der Waals surface area (Å²) in [4.78, 5) is 19.6. The van der Waals surface area contributed by atoms with Gasteiger partial charge < -0.3 is 5.32 Å². The van der Waals surface area contributed by atoms with Crippen LogP contribution in [0.15, 0.2) is 53.9 Å². The molecule has 4 nitrogen and oxygen atoms in total. The van der Waals surface area contributed by atoms with Crippen LogP contribution in [-0.2, 0) is 4.79 Å². The fourth-order valence-electron chi connectivity index (χ4n) is 1.20. The van der Waals surface area contributed by atoms with Crippen molar-refractivity contribution in [2.75, 3.05) is 11.1 Å². The van der Waals surface area contributed by atoms with Gasteiger partial charge in [-0.05, 0) is 24.3 Å². The second-order valence-corrected chi connectivity index (χ2v) is 4.24. The number of hydrogen-bond donors (Lipinski definition) is 1. The van der Waals surface area contributed by atoms with E-state index in [2.05, 4.69) is 15.3 Å². The molecule has 86 valence electrons. The minimum Gasteiger partial charge on any atom is -0.325 e. The summed E-state index contributed by atoms with van der Waals surface area (Å²) < 4.78 is 0. The van der Waals surface area contributed by atoms with Crippen molar-refractivity contribution in [2.24, 2.45) is 0 Å². The molecular weight excluding hydrogens is 234 g/mol. The van der Waals surface area contributed by atoms with E-state index in [1.165, 1.54) is 11.8 Å². The normalized spacial score (nSPS) is 9.88. The standard InChI is InChI=1S/C12H11N3OS/c16-11(15-10-4-7-13-8-5-10)9-17-12-3-1-2-6-14-12/h1-8H,9H2,(H,13,15,16). The summed E-state index contributed by atoms with van der Waals surface area (Å²) in [6.45, 7) is 0. The van der Waals surface area contributed by atoms with Gasteiger partial charge in [0.05, 0.1) is 10.8 Å². The largest absolute Gasteiger partial charge is 0.325 e. The number of nitrogens with one attached hydrogen (secondary N) is 1. The summed E-state index contributed by atoms with van der Waals surface area (Å²) >= 11 is 1.41. The first-order chi connectivity index (χ1) is 8.34. The minimum atomic E-state index is -0.0492. The van der Waals surface area contributed by atoms with E-state index in [1.807, 2.05) is 18.2 Å². The first kappa shape index (κ1) is 11.6. The van der Waals surface area contributed by atoms with Gasteiger partial charge in [-0.25, -0.2) is 4.98 Å². The van der Waals surface area contributed by atoms with Gasteiger partial charge in [0.25, 0.3) is 0 Å². The maximum absolute atomic E-state index is 11.6. The Bertz CT molecular complexity index is 476. The molecule has 2 aromatic heterocycles. The molecule has 2 heterocycles. The highest BCUT2D eigenvalue weighted by atomic mass is 32.2. The molecule has 0 atom stereocenters. The van der Waals surface area contributed by atoms with Gasteiger partial charge in [-0.3, -0.25) is 9.78 Å². The smallest absolute Gasteiger partial charge is 0.234 e. The Labute approximate surface area is 103 Å². The Balaban J connectivity index is 1.83. The Morgan fingerprint density at radius 1 is 1.18 bits per heavy atom. The van der Waals surface area contributed by atoms with Crippen molar-refractivity contribution >= 4 is 23.4 Å². The average molecular weight is 245 g/mol. The number of aromatic nitrogens is 2. The van der Waals surface area contributed by atoms with E-state index in [1.54, 1.807) is 30.7 Å². The quantitative estimate of drug-likeness (QED) is 0.839. The molecule has 2 rings (SSSR count). The zero-order valence-corrected chi connectivity index (χ0v) is 9.85. The number of pyridine rings is 2. The molecule has 1 amide bonds. The van der Waals surface area contributed by atoms with Crippen LogP contribution in [0.4, 0.5) is 5.69 Å². The number of nitrogens with zero attached hydrogens (tertiary/aromatic N) is 2. The molecule has 17 heavy (non-hydrogen) atoms. The minimum absolute atomic E-state index is 0.0492. The summed E-state index contributed by atoms with van der Waals surface area (Å²) in [6, 6.07) is 9.13. The van der Waals surface area contributed by atoms with Crippen molar-refractivity contribution in [2.45, 2.75) is 5.03 Å². The van der Waals surface area contributed by atoms with Gasteiger partial charge in [0.2, 0.25) is 5.91 Å². The monoisotopic (exact) mass is 245 g/mol. The first-order valence-corrected chi connectivity index (χ1v) is 6.07. The molecule has 0 fully saturated rings. The number of anilines is 1. The number of hydrogen-bond acceptors (Lipinski definition) is 4. The highest BCUT2D eigenvalue weighted by molar-refractivity contribution is 7.99. The SMILES string of the molecule is O=C(CSc1ccccn1)Nc1ccncc1. The van der Waals surface area contributed by atoms with Crippen molar-refractivity contribution in [1.29, 1.82) is 0 Å². The average Bonchev–Trinajstić information content (AvgIpc) is 2.39. The summed E-state index contributed by atoms with van der Waals surface area (Å²) in [7, 11) is 0. The lowest BCUT2D eigenvalue weighted by Gasteiger charge is -2.03.